The lowest BCUT2D eigenvalue weighted by Crippen LogP contribution is -2.54. The molecule has 0 aromatic heterocycles. The summed E-state index contributed by atoms with van der Waals surface area (Å²) >= 11 is 4.94. The zero-order valence-corrected chi connectivity index (χ0v) is 10.2. The molecule has 1 atom stereocenters. The Labute approximate surface area is 105 Å². The van der Waals surface area contributed by atoms with E-state index in [1.807, 2.05) is 30.3 Å². The highest BCUT2D eigenvalue weighted by Crippen LogP contribution is 2.12. The van der Waals surface area contributed by atoms with Crippen LogP contribution in [0.15, 0.2) is 35.3 Å². The van der Waals surface area contributed by atoms with E-state index in [-0.39, 0.29) is 0 Å². The Bertz CT molecular complexity index is 420. The topological polar surface area (TPSA) is 68.9 Å². The maximum Gasteiger partial charge on any atom is 0.222 e. The van der Waals surface area contributed by atoms with Crippen molar-refractivity contribution >= 4 is 29.4 Å². The fourth-order valence-corrected chi connectivity index (χ4v) is 1.75. The summed E-state index contributed by atoms with van der Waals surface area (Å²) < 4.78 is 0. The average molecular weight is 250 g/mol. The molecule has 7 heteroatoms. The van der Waals surface area contributed by atoms with Crippen molar-refractivity contribution in [2.75, 3.05) is 12.4 Å². The maximum absolute atomic E-state index is 5.83. The SMILES string of the molecule is CNN1C(N)N=C(Nc2ccccc2)N1C=S. The number of hydrazine groups is 2. The highest BCUT2D eigenvalue weighted by Gasteiger charge is 2.29. The van der Waals surface area contributed by atoms with Gasteiger partial charge in [0.1, 0.15) is 0 Å². The van der Waals surface area contributed by atoms with Gasteiger partial charge in [-0.25, -0.2) is 15.4 Å². The molecule has 1 aliphatic heterocycles. The minimum Gasteiger partial charge on any atom is -0.325 e. The first kappa shape index (κ1) is 11.9. The molecule has 0 radical (unpaired) electrons. The van der Waals surface area contributed by atoms with E-state index >= 15 is 0 Å². The second-order valence-corrected chi connectivity index (χ2v) is 3.59. The second-order valence-electron chi connectivity index (χ2n) is 3.38. The van der Waals surface area contributed by atoms with E-state index in [1.54, 1.807) is 17.2 Å². The van der Waals surface area contributed by atoms with Gasteiger partial charge in [0.15, 0.2) is 6.29 Å². The first-order chi connectivity index (χ1) is 8.26. The number of hydrogen-bond donors (Lipinski definition) is 3. The number of thiocarbonyl (C=S) groups is 1. The first-order valence-corrected chi connectivity index (χ1v) is 5.60. The smallest absolute Gasteiger partial charge is 0.222 e. The molecule has 6 nitrogen and oxygen atoms in total. The first-order valence-electron chi connectivity index (χ1n) is 5.13. The fourth-order valence-electron chi connectivity index (χ4n) is 1.55. The third-order valence-corrected chi connectivity index (χ3v) is 2.51. The molecule has 0 bridgehead atoms. The summed E-state index contributed by atoms with van der Waals surface area (Å²) in [5.74, 6) is 0.591. The van der Waals surface area contributed by atoms with Crippen LogP contribution in [0.25, 0.3) is 0 Å². The summed E-state index contributed by atoms with van der Waals surface area (Å²) in [6.07, 6.45) is -0.495. The van der Waals surface area contributed by atoms with Crippen molar-refractivity contribution in [3.05, 3.63) is 30.3 Å². The average Bonchev–Trinajstić information content (AvgIpc) is 2.65. The van der Waals surface area contributed by atoms with Gasteiger partial charge in [0, 0.05) is 12.7 Å². The van der Waals surface area contributed by atoms with Gasteiger partial charge < -0.3 is 5.32 Å². The monoisotopic (exact) mass is 250 g/mol. The molecule has 1 aromatic rings. The van der Waals surface area contributed by atoms with Crippen LogP contribution in [0.2, 0.25) is 0 Å². The summed E-state index contributed by atoms with van der Waals surface area (Å²) in [6, 6.07) is 9.71. The molecule has 4 N–H and O–H groups in total. The minimum atomic E-state index is -0.495. The molecular formula is C10H14N6S. The normalized spacial score (nSPS) is 20.2. The van der Waals surface area contributed by atoms with E-state index in [2.05, 4.69) is 15.7 Å². The van der Waals surface area contributed by atoms with Crippen molar-refractivity contribution in [1.82, 2.24) is 15.6 Å². The van der Waals surface area contributed by atoms with Crippen molar-refractivity contribution in [3.8, 4) is 0 Å². The zero-order valence-electron chi connectivity index (χ0n) is 9.37. The quantitative estimate of drug-likeness (QED) is 0.671. The van der Waals surface area contributed by atoms with Crippen molar-refractivity contribution in [3.63, 3.8) is 0 Å². The number of hydrogen-bond acceptors (Lipinski definition) is 6. The molecule has 0 aliphatic carbocycles. The number of nitrogens with one attached hydrogen (secondary N) is 2. The Balaban J connectivity index is 2.16. The van der Waals surface area contributed by atoms with Crippen LogP contribution in [0.5, 0.6) is 0 Å². The molecule has 1 heterocycles. The van der Waals surface area contributed by atoms with E-state index in [1.165, 1.54) is 5.49 Å². The minimum absolute atomic E-state index is 0.495. The summed E-state index contributed by atoms with van der Waals surface area (Å²) in [7, 11) is 1.76. The predicted molar refractivity (Wildman–Crippen MR) is 71.9 cm³/mol. The van der Waals surface area contributed by atoms with E-state index in [9.17, 15) is 0 Å². The standard InChI is InChI=1S/C10H14N6S/c1-12-16-9(11)14-10(15(16)7-17)13-8-5-3-2-4-6-8/h2-7,9,12H,11H2,1H3,(H,13,14). The van der Waals surface area contributed by atoms with Crippen molar-refractivity contribution in [2.45, 2.75) is 6.29 Å². The highest BCUT2D eigenvalue weighted by atomic mass is 32.1. The van der Waals surface area contributed by atoms with Gasteiger partial charge in [-0.05, 0) is 12.1 Å². The molecule has 0 spiro atoms. The lowest BCUT2D eigenvalue weighted by atomic mass is 10.3. The molecule has 0 saturated heterocycles. The molecule has 17 heavy (non-hydrogen) atoms. The molecule has 1 aliphatic rings. The number of nitrogens with two attached hydrogens (primary N) is 1. The molecule has 0 saturated carbocycles. The summed E-state index contributed by atoms with van der Waals surface area (Å²) in [4.78, 5) is 4.26. The van der Waals surface area contributed by atoms with E-state index in [0.29, 0.717) is 5.96 Å². The zero-order chi connectivity index (χ0) is 12.3. The van der Waals surface area contributed by atoms with Crippen LogP contribution in [-0.4, -0.2) is 34.9 Å². The van der Waals surface area contributed by atoms with Gasteiger partial charge in [-0.1, -0.05) is 30.4 Å². The van der Waals surface area contributed by atoms with E-state index in [0.717, 1.165) is 5.69 Å². The lowest BCUT2D eigenvalue weighted by Gasteiger charge is -2.27. The van der Waals surface area contributed by atoms with Crippen molar-refractivity contribution in [2.24, 2.45) is 10.7 Å². The largest absolute Gasteiger partial charge is 0.325 e. The van der Waals surface area contributed by atoms with Crippen LogP contribution in [0.4, 0.5) is 5.69 Å². The number of anilines is 1. The van der Waals surface area contributed by atoms with Crippen LogP contribution in [0.3, 0.4) is 0 Å². The van der Waals surface area contributed by atoms with Crippen LogP contribution >= 0.6 is 12.2 Å². The number of para-hydroxylation sites is 1. The van der Waals surface area contributed by atoms with Gasteiger partial charge in [0.05, 0.1) is 5.49 Å². The van der Waals surface area contributed by atoms with Gasteiger partial charge >= 0.3 is 0 Å². The molecule has 0 fully saturated rings. The third kappa shape index (κ3) is 2.42. The van der Waals surface area contributed by atoms with Gasteiger partial charge in [-0.2, -0.15) is 0 Å². The predicted octanol–water partition coefficient (Wildman–Crippen LogP) is 0.321. The van der Waals surface area contributed by atoms with Gasteiger partial charge in [0.2, 0.25) is 5.96 Å². The summed E-state index contributed by atoms with van der Waals surface area (Å²) in [6.45, 7) is 0. The Kier molecular flexibility index (Phi) is 3.64. The van der Waals surface area contributed by atoms with Gasteiger partial charge in [-0.3, -0.25) is 5.73 Å². The number of rotatable bonds is 3. The number of nitrogens with zero attached hydrogens (tertiary/aromatic N) is 3. The van der Waals surface area contributed by atoms with Crippen LogP contribution in [0.1, 0.15) is 0 Å². The van der Waals surface area contributed by atoms with Crippen LogP contribution in [0, 0.1) is 0 Å². The second kappa shape index (κ2) is 5.19. The van der Waals surface area contributed by atoms with Gasteiger partial charge in [0.25, 0.3) is 0 Å². The van der Waals surface area contributed by atoms with E-state index in [4.69, 9.17) is 18.0 Å². The lowest BCUT2D eigenvalue weighted by molar-refractivity contribution is 0.0403. The third-order valence-electron chi connectivity index (χ3n) is 2.31. The fraction of sp³-hybridized carbons (Fsp3) is 0.200. The molecule has 0 amide bonds. The van der Waals surface area contributed by atoms with Crippen LogP contribution < -0.4 is 16.5 Å². The Morgan fingerprint density at radius 2 is 2.12 bits per heavy atom. The Hall–Kier alpha value is -1.54. The molecular weight excluding hydrogens is 236 g/mol. The van der Waals surface area contributed by atoms with Crippen molar-refractivity contribution in [1.29, 1.82) is 0 Å². The molecule has 1 unspecified atom stereocenters. The number of guanidine groups is 1. The molecule has 1 aromatic carbocycles. The summed E-state index contributed by atoms with van der Waals surface area (Å²) in [5.41, 5.74) is 11.1. The Morgan fingerprint density at radius 1 is 1.41 bits per heavy atom. The van der Waals surface area contributed by atoms with Gasteiger partial charge in [-0.15, -0.1) is 5.12 Å². The summed E-state index contributed by atoms with van der Waals surface area (Å²) in [5, 5.41) is 6.42. The molecule has 2 rings (SSSR count). The molecule has 90 valence electrons. The Morgan fingerprint density at radius 3 is 2.71 bits per heavy atom. The number of benzene rings is 1. The van der Waals surface area contributed by atoms with Crippen molar-refractivity contribution < 1.29 is 0 Å². The maximum atomic E-state index is 5.83. The highest BCUT2D eigenvalue weighted by molar-refractivity contribution is 7.78. The number of aliphatic imine (C=N–C) groups is 1. The van der Waals surface area contributed by atoms with Crippen LogP contribution in [-0.2, 0) is 0 Å². The van der Waals surface area contributed by atoms with E-state index < -0.39 is 6.29 Å².